The predicted molar refractivity (Wildman–Crippen MR) is 86.9 cm³/mol. The zero-order valence-corrected chi connectivity index (χ0v) is 14.3. The van der Waals surface area contributed by atoms with Gasteiger partial charge in [0.25, 0.3) is 0 Å². The molecule has 6 nitrogen and oxygen atoms in total. The van der Waals surface area contributed by atoms with Crippen LogP contribution in [0.3, 0.4) is 0 Å². The van der Waals surface area contributed by atoms with Gasteiger partial charge in [0.2, 0.25) is 0 Å². The number of esters is 1. The molecule has 0 saturated carbocycles. The lowest BCUT2D eigenvalue weighted by Gasteiger charge is -2.20. The Morgan fingerprint density at radius 2 is 2.08 bits per heavy atom. The van der Waals surface area contributed by atoms with Gasteiger partial charge in [-0.15, -0.1) is 0 Å². The van der Waals surface area contributed by atoms with Gasteiger partial charge in [-0.25, -0.2) is 4.79 Å². The van der Waals surface area contributed by atoms with Crippen molar-refractivity contribution in [3.8, 4) is 5.75 Å². The van der Waals surface area contributed by atoms with E-state index in [0.29, 0.717) is 23.5 Å². The summed E-state index contributed by atoms with van der Waals surface area (Å²) in [5.41, 5.74) is 1.09. The molecule has 130 valence electrons. The third-order valence-corrected chi connectivity index (χ3v) is 4.13. The molecule has 0 bridgehead atoms. The number of methoxy groups -OCH3 is 2. The summed E-state index contributed by atoms with van der Waals surface area (Å²) in [7, 11) is 2.87. The van der Waals surface area contributed by atoms with Crippen LogP contribution in [0.5, 0.6) is 5.75 Å². The second-order valence-corrected chi connectivity index (χ2v) is 6.21. The van der Waals surface area contributed by atoms with E-state index in [1.807, 2.05) is 38.1 Å². The minimum atomic E-state index is -0.599. The van der Waals surface area contributed by atoms with Gasteiger partial charge in [-0.2, -0.15) is 0 Å². The molecule has 0 unspecified atom stereocenters. The smallest absolute Gasteiger partial charge is 0.342 e. The summed E-state index contributed by atoms with van der Waals surface area (Å²) >= 11 is 0. The Bertz CT molecular complexity index is 651. The maximum Gasteiger partial charge on any atom is 0.342 e. The van der Waals surface area contributed by atoms with Crippen LogP contribution in [0.1, 0.15) is 29.8 Å². The van der Waals surface area contributed by atoms with Crippen LogP contribution in [0.25, 0.3) is 6.08 Å². The van der Waals surface area contributed by atoms with Crippen LogP contribution in [0.15, 0.2) is 24.3 Å². The fraction of sp³-hybridized carbons (Fsp3) is 0.500. The summed E-state index contributed by atoms with van der Waals surface area (Å²) in [5, 5.41) is 0. The molecule has 2 saturated heterocycles. The molecular weight excluding hydrogens is 312 g/mol. The van der Waals surface area contributed by atoms with E-state index in [2.05, 4.69) is 0 Å². The number of rotatable bonds is 4. The maximum atomic E-state index is 12.1. The number of ether oxygens (including phenoxy) is 5. The average molecular weight is 334 g/mol. The van der Waals surface area contributed by atoms with Crippen molar-refractivity contribution in [1.82, 2.24) is 0 Å². The fourth-order valence-electron chi connectivity index (χ4n) is 3.11. The first-order valence-corrected chi connectivity index (χ1v) is 7.86. The average Bonchev–Trinajstić information content (AvgIpc) is 3.06. The van der Waals surface area contributed by atoms with Crippen LogP contribution in [0, 0.1) is 0 Å². The molecule has 2 heterocycles. The highest BCUT2D eigenvalue weighted by Crippen LogP contribution is 2.36. The van der Waals surface area contributed by atoms with Crippen molar-refractivity contribution in [2.45, 2.75) is 37.9 Å². The van der Waals surface area contributed by atoms with Crippen LogP contribution in [0.2, 0.25) is 0 Å². The van der Waals surface area contributed by atoms with E-state index in [0.717, 1.165) is 0 Å². The lowest BCUT2D eigenvalue weighted by molar-refractivity contribution is -0.170. The molecule has 2 aliphatic rings. The monoisotopic (exact) mass is 334 g/mol. The van der Waals surface area contributed by atoms with Crippen LogP contribution in [0.4, 0.5) is 0 Å². The third-order valence-electron chi connectivity index (χ3n) is 4.13. The highest BCUT2D eigenvalue weighted by atomic mass is 16.8. The van der Waals surface area contributed by atoms with E-state index in [1.54, 1.807) is 6.07 Å². The Hall–Kier alpha value is -1.89. The normalized spacial score (nSPS) is 28.1. The molecule has 6 heteroatoms. The van der Waals surface area contributed by atoms with Gasteiger partial charge in [0.15, 0.2) is 5.79 Å². The Balaban J connectivity index is 1.84. The van der Waals surface area contributed by atoms with E-state index < -0.39 is 11.8 Å². The van der Waals surface area contributed by atoms with Crippen LogP contribution < -0.4 is 4.74 Å². The second kappa shape index (κ2) is 6.55. The fourth-order valence-corrected chi connectivity index (χ4v) is 3.11. The number of carbonyl (C=O) groups is 1. The first-order valence-electron chi connectivity index (χ1n) is 7.86. The third kappa shape index (κ3) is 3.17. The SMILES string of the molecule is COC(=O)c1c(/C=C/[C@H]2OC[C@H]3OC(C)(C)O[C@@H]23)cccc1OC. The van der Waals surface area contributed by atoms with E-state index in [1.165, 1.54) is 14.2 Å². The summed E-state index contributed by atoms with van der Waals surface area (Å²) in [4.78, 5) is 12.1. The minimum absolute atomic E-state index is 0.0694. The molecule has 24 heavy (non-hydrogen) atoms. The highest BCUT2D eigenvalue weighted by molar-refractivity contribution is 5.96. The molecule has 0 N–H and O–H groups in total. The summed E-state index contributed by atoms with van der Waals surface area (Å²) in [5.74, 6) is -0.576. The maximum absolute atomic E-state index is 12.1. The van der Waals surface area contributed by atoms with Crippen molar-refractivity contribution in [2.75, 3.05) is 20.8 Å². The van der Waals surface area contributed by atoms with Crippen LogP contribution in [-0.4, -0.2) is 50.9 Å². The molecule has 3 rings (SSSR count). The van der Waals surface area contributed by atoms with Crippen molar-refractivity contribution in [3.05, 3.63) is 35.4 Å². The number of benzene rings is 1. The molecule has 0 aliphatic carbocycles. The Kier molecular flexibility index (Phi) is 4.62. The quantitative estimate of drug-likeness (QED) is 0.788. The Morgan fingerprint density at radius 1 is 1.29 bits per heavy atom. The van der Waals surface area contributed by atoms with E-state index in [4.69, 9.17) is 23.7 Å². The van der Waals surface area contributed by atoms with Gasteiger partial charge in [-0.1, -0.05) is 24.3 Å². The van der Waals surface area contributed by atoms with E-state index in [-0.39, 0.29) is 18.3 Å². The summed E-state index contributed by atoms with van der Waals surface area (Å²) in [6.45, 7) is 4.28. The first kappa shape index (κ1) is 17.0. The van der Waals surface area contributed by atoms with Crippen molar-refractivity contribution in [2.24, 2.45) is 0 Å². The standard InChI is InChI=1S/C18H22O6/c1-18(2)23-14-10-22-13(16(14)24-18)9-8-11-6-5-7-12(20-3)15(11)17(19)21-4/h5-9,13-14,16H,10H2,1-4H3/b9-8+/t13-,14-,16+/m1/s1. The minimum Gasteiger partial charge on any atom is -0.496 e. The molecule has 2 aliphatic heterocycles. The van der Waals surface area contributed by atoms with Gasteiger partial charge in [0, 0.05) is 0 Å². The number of carbonyl (C=O) groups excluding carboxylic acids is 1. The highest BCUT2D eigenvalue weighted by Gasteiger charge is 2.49. The molecule has 0 amide bonds. The van der Waals surface area contributed by atoms with Gasteiger partial charge < -0.3 is 23.7 Å². The lowest BCUT2D eigenvalue weighted by Crippen LogP contribution is -2.28. The molecule has 1 aromatic carbocycles. The summed E-state index contributed by atoms with van der Waals surface area (Å²) < 4.78 is 27.6. The first-order chi connectivity index (χ1) is 11.4. The molecule has 0 radical (unpaired) electrons. The molecule has 0 spiro atoms. The van der Waals surface area contributed by atoms with Crippen molar-refractivity contribution in [1.29, 1.82) is 0 Å². The van der Waals surface area contributed by atoms with Gasteiger partial charge in [-0.05, 0) is 25.5 Å². The number of hydrogen-bond donors (Lipinski definition) is 0. The molecular formula is C18H22O6. The van der Waals surface area contributed by atoms with Gasteiger partial charge in [0.1, 0.15) is 29.6 Å². The number of fused-ring (bicyclic) bond motifs is 1. The van der Waals surface area contributed by atoms with Crippen molar-refractivity contribution < 1.29 is 28.5 Å². The van der Waals surface area contributed by atoms with Crippen molar-refractivity contribution >= 4 is 12.0 Å². The van der Waals surface area contributed by atoms with Crippen LogP contribution in [-0.2, 0) is 18.9 Å². The Labute approximate surface area is 141 Å². The molecule has 3 atom stereocenters. The Morgan fingerprint density at radius 3 is 2.79 bits per heavy atom. The van der Waals surface area contributed by atoms with E-state index in [9.17, 15) is 4.79 Å². The van der Waals surface area contributed by atoms with Gasteiger partial charge in [0.05, 0.1) is 20.8 Å². The zero-order valence-electron chi connectivity index (χ0n) is 14.3. The molecule has 0 aromatic heterocycles. The van der Waals surface area contributed by atoms with Crippen LogP contribution >= 0.6 is 0 Å². The zero-order chi connectivity index (χ0) is 17.3. The van der Waals surface area contributed by atoms with Crippen molar-refractivity contribution in [3.63, 3.8) is 0 Å². The predicted octanol–water partition coefficient (Wildman–Crippen LogP) is 2.41. The lowest BCUT2D eigenvalue weighted by atomic mass is 10.0. The number of hydrogen-bond acceptors (Lipinski definition) is 6. The van der Waals surface area contributed by atoms with E-state index >= 15 is 0 Å². The molecule has 1 aromatic rings. The summed E-state index contributed by atoms with van der Waals surface area (Å²) in [6.07, 6.45) is 3.27. The second-order valence-electron chi connectivity index (χ2n) is 6.21. The summed E-state index contributed by atoms with van der Waals surface area (Å²) in [6, 6.07) is 5.37. The molecule has 2 fully saturated rings. The van der Waals surface area contributed by atoms with Gasteiger partial charge in [-0.3, -0.25) is 0 Å². The topological polar surface area (TPSA) is 63.2 Å². The van der Waals surface area contributed by atoms with Gasteiger partial charge >= 0.3 is 5.97 Å². The largest absolute Gasteiger partial charge is 0.496 e.